The highest BCUT2D eigenvalue weighted by Gasteiger charge is 2.28. The Bertz CT molecular complexity index is 434. The van der Waals surface area contributed by atoms with Crippen LogP contribution in [0.2, 0.25) is 10.0 Å². The van der Waals surface area contributed by atoms with E-state index in [-0.39, 0.29) is 12.1 Å². The van der Waals surface area contributed by atoms with Crippen LogP contribution in [-0.4, -0.2) is 31.0 Å². The summed E-state index contributed by atoms with van der Waals surface area (Å²) in [5.74, 6) is 0.389. The molecule has 1 saturated heterocycles. The molecule has 112 valence electrons. The summed E-state index contributed by atoms with van der Waals surface area (Å²) in [6.45, 7) is 4.05. The van der Waals surface area contributed by atoms with Gasteiger partial charge in [0.15, 0.2) is 0 Å². The molecule has 1 aromatic carbocycles. The summed E-state index contributed by atoms with van der Waals surface area (Å²) in [5, 5.41) is 14.3. The smallest absolute Gasteiger partial charge is 0.0524 e. The fourth-order valence-corrected chi connectivity index (χ4v) is 2.96. The highest BCUT2D eigenvalue weighted by atomic mass is 35.5. The van der Waals surface area contributed by atoms with E-state index in [2.05, 4.69) is 5.32 Å². The van der Waals surface area contributed by atoms with Crippen molar-refractivity contribution in [1.29, 1.82) is 0 Å². The standard InChI is InChI=1S/C15H21Cl2NO2/c1-10(19)4-6-18-15(11-5-7-20-9-11)13-8-12(16)2-3-14(13)17/h2-3,8,10-11,15,18-19H,4-7,9H2,1H3. The molecule has 0 aromatic heterocycles. The molecule has 2 rings (SSSR count). The van der Waals surface area contributed by atoms with Crippen molar-refractivity contribution in [3.8, 4) is 0 Å². The topological polar surface area (TPSA) is 41.5 Å². The molecule has 3 nitrogen and oxygen atoms in total. The highest BCUT2D eigenvalue weighted by Crippen LogP contribution is 2.34. The second kappa shape index (κ2) is 7.62. The Kier molecular flexibility index (Phi) is 6.12. The van der Waals surface area contributed by atoms with Crippen molar-refractivity contribution in [2.75, 3.05) is 19.8 Å². The van der Waals surface area contributed by atoms with E-state index in [4.69, 9.17) is 27.9 Å². The third-order valence-corrected chi connectivity index (χ3v) is 4.24. The van der Waals surface area contributed by atoms with Crippen molar-refractivity contribution >= 4 is 23.2 Å². The van der Waals surface area contributed by atoms with Crippen LogP contribution in [0.15, 0.2) is 18.2 Å². The third kappa shape index (κ3) is 4.34. The maximum atomic E-state index is 9.39. The zero-order chi connectivity index (χ0) is 14.5. The van der Waals surface area contributed by atoms with Gasteiger partial charge in [-0.25, -0.2) is 0 Å². The van der Waals surface area contributed by atoms with Gasteiger partial charge in [0.1, 0.15) is 0 Å². The monoisotopic (exact) mass is 317 g/mol. The number of halogens is 2. The van der Waals surface area contributed by atoms with Crippen LogP contribution in [-0.2, 0) is 4.74 Å². The van der Waals surface area contributed by atoms with E-state index in [9.17, 15) is 5.11 Å². The fourth-order valence-electron chi connectivity index (χ4n) is 2.55. The Labute approximate surface area is 130 Å². The molecule has 1 aliphatic rings. The summed E-state index contributed by atoms with van der Waals surface area (Å²) in [6, 6.07) is 5.66. The lowest BCUT2D eigenvalue weighted by Gasteiger charge is -2.26. The molecule has 0 radical (unpaired) electrons. The van der Waals surface area contributed by atoms with Crippen LogP contribution in [0, 0.1) is 5.92 Å². The molecule has 2 N–H and O–H groups in total. The van der Waals surface area contributed by atoms with Gasteiger partial charge < -0.3 is 15.2 Å². The Hall–Kier alpha value is -0.320. The van der Waals surface area contributed by atoms with Gasteiger partial charge in [-0.15, -0.1) is 0 Å². The first-order valence-corrected chi connectivity index (χ1v) is 7.77. The van der Waals surface area contributed by atoms with Gasteiger partial charge in [0.25, 0.3) is 0 Å². The van der Waals surface area contributed by atoms with E-state index >= 15 is 0 Å². The molecule has 0 amide bonds. The average molecular weight is 318 g/mol. The Morgan fingerprint density at radius 1 is 1.45 bits per heavy atom. The van der Waals surface area contributed by atoms with Crippen LogP contribution in [0.4, 0.5) is 0 Å². The van der Waals surface area contributed by atoms with Crippen molar-refractivity contribution < 1.29 is 9.84 Å². The van der Waals surface area contributed by atoms with E-state index < -0.39 is 0 Å². The summed E-state index contributed by atoms with van der Waals surface area (Å²) in [4.78, 5) is 0. The molecule has 0 aliphatic carbocycles. The summed E-state index contributed by atoms with van der Waals surface area (Å²) in [6.07, 6.45) is 1.41. The van der Waals surface area contributed by atoms with Gasteiger partial charge in [0.2, 0.25) is 0 Å². The minimum absolute atomic E-state index is 0.113. The predicted octanol–water partition coefficient (Wildman–Crippen LogP) is 3.43. The van der Waals surface area contributed by atoms with Crippen LogP contribution in [0.25, 0.3) is 0 Å². The van der Waals surface area contributed by atoms with Gasteiger partial charge in [-0.1, -0.05) is 23.2 Å². The summed E-state index contributed by atoms with van der Waals surface area (Å²) in [7, 11) is 0. The van der Waals surface area contributed by atoms with Crippen LogP contribution < -0.4 is 5.32 Å². The van der Waals surface area contributed by atoms with Crippen LogP contribution >= 0.6 is 23.2 Å². The number of aliphatic hydroxyl groups is 1. The molecular weight excluding hydrogens is 297 g/mol. The maximum Gasteiger partial charge on any atom is 0.0524 e. The molecule has 20 heavy (non-hydrogen) atoms. The Morgan fingerprint density at radius 2 is 2.25 bits per heavy atom. The van der Waals surface area contributed by atoms with E-state index in [1.165, 1.54) is 0 Å². The van der Waals surface area contributed by atoms with E-state index in [1.54, 1.807) is 13.0 Å². The number of aliphatic hydroxyl groups excluding tert-OH is 1. The fraction of sp³-hybridized carbons (Fsp3) is 0.600. The predicted molar refractivity (Wildman–Crippen MR) is 82.4 cm³/mol. The van der Waals surface area contributed by atoms with Gasteiger partial charge in [0, 0.05) is 28.6 Å². The van der Waals surface area contributed by atoms with E-state index in [1.807, 2.05) is 12.1 Å². The van der Waals surface area contributed by atoms with E-state index in [0.717, 1.165) is 36.8 Å². The van der Waals surface area contributed by atoms with Crippen LogP contribution in [0.5, 0.6) is 0 Å². The van der Waals surface area contributed by atoms with Crippen molar-refractivity contribution in [2.24, 2.45) is 5.92 Å². The van der Waals surface area contributed by atoms with Crippen molar-refractivity contribution in [3.05, 3.63) is 33.8 Å². The molecule has 3 unspecified atom stereocenters. The molecule has 1 fully saturated rings. The zero-order valence-corrected chi connectivity index (χ0v) is 13.1. The Morgan fingerprint density at radius 3 is 2.90 bits per heavy atom. The summed E-state index contributed by atoms with van der Waals surface area (Å²) >= 11 is 12.4. The first-order valence-electron chi connectivity index (χ1n) is 7.02. The minimum Gasteiger partial charge on any atom is -0.393 e. The summed E-state index contributed by atoms with van der Waals surface area (Å²) in [5.41, 5.74) is 1.01. The number of hydrogen-bond donors (Lipinski definition) is 2. The summed E-state index contributed by atoms with van der Waals surface area (Å²) < 4.78 is 5.49. The van der Waals surface area contributed by atoms with Gasteiger partial charge in [-0.3, -0.25) is 0 Å². The van der Waals surface area contributed by atoms with Crippen molar-refractivity contribution in [1.82, 2.24) is 5.32 Å². The van der Waals surface area contributed by atoms with Gasteiger partial charge in [-0.05, 0) is 50.1 Å². The first-order chi connectivity index (χ1) is 9.58. The van der Waals surface area contributed by atoms with Gasteiger partial charge in [0.05, 0.1) is 12.7 Å². The van der Waals surface area contributed by atoms with Gasteiger partial charge >= 0.3 is 0 Å². The molecule has 0 saturated carbocycles. The lowest BCUT2D eigenvalue weighted by Crippen LogP contribution is -2.31. The number of nitrogens with one attached hydrogen (secondary N) is 1. The lowest BCUT2D eigenvalue weighted by atomic mass is 9.92. The second-order valence-electron chi connectivity index (χ2n) is 5.36. The molecule has 0 bridgehead atoms. The number of ether oxygens (including phenoxy) is 1. The zero-order valence-electron chi connectivity index (χ0n) is 11.6. The lowest BCUT2D eigenvalue weighted by molar-refractivity contribution is 0.168. The molecule has 1 aliphatic heterocycles. The minimum atomic E-state index is -0.308. The number of rotatable bonds is 6. The number of benzene rings is 1. The third-order valence-electron chi connectivity index (χ3n) is 3.66. The first kappa shape index (κ1) is 16.1. The quantitative estimate of drug-likeness (QED) is 0.844. The maximum absolute atomic E-state index is 9.39. The van der Waals surface area contributed by atoms with E-state index in [0.29, 0.717) is 17.4 Å². The SMILES string of the molecule is CC(O)CCNC(c1cc(Cl)ccc1Cl)C1CCOC1. The molecule has 1 aromatic rings. The van der Waals surface area contributed by atoms with Crippen LogP contribution in [0.1, 0.15) is 31.4 Å². The molecule has 5 heteroatoms. The molecule has 1 heterocycles. The van der Waals surface area contributed by atoms with Gasteiger partial charge in [-0.2, -0.15) is 0 Å². The Balaban J connectivity index is 2.14. The largest absolute Gasteiger partial charge is 0.393 e. The normalized spacial score (nSPS) is 21.9. The molecular formula is C15H21Cl2NO2. The van der Waals surface area contributed by atoms with Crippen LogP contribution in [0.3, 0.4) is 0 Å². The molecule has 3 atom stereocenters. The highest BCUT2D eigenvalue weighted by molar-refractivity contribution is 6.33. The molecule has 0 spiro atoms. The van der Waals surface area contributed by atoms with Crippen molar-refractivity contribution in [3.63, 3.8) is 0 Å². The van der Waals surface area contributed by atoms with Crippen molar-refractivity contribution in [2.45, 2.75) is 31.9 Å². The second-order valence-corrected chi connectivity index (χ2v) is 6.20. The number of hydrogen-bond acceptors (Lipinski definition) is 3. The average Bonchev–Trinajstić information content (AvgIpc) is 2.91.